The number of hydrogen-bond donors (Lipinski definition) is 2. The summed E-state index contributed by atoms with van der Waals surface area (Å²) in [6, 6.07) is 8.79. The maximum absolute atomic E-state index is 5.64. The number of hydrogen-bond acceptors (Lipinski definition) is 2. The van der Waals surface area contributed by atoms with Crippen molar-refractivity contribution in [2.45, 2.75) is 45.7 Å². The lowest BCUT2D eigenvalue weighted by Gasteiger charge is -2.10. The van der Waals surface area contributed by atoms with Gasteiger partial charge in [0.05, 0.1) is 13.2 Å². The van der Waals surface area contributed by atoms with Crippen LogP contribution in [0.4, 0.5) is 0 Å². The standard InChI is InChI=1S/C16H25N3O.HI/c1-3-10-20-15-7-5-6-13(11-15)12-18-16(17-4-2)19-14-8-9-14;/h5-7,11,14H,3-4,8-10,12H2,1-2H3,(H2,17,18,19);1H. The second-order valence-corrected chi connectivity index (χ2v) is 5.11. The number of aliphatic imine (C=N–C) groups is 1. The predicted molar refractivity (Wildman–Crippen MR) is 98.6 cm³/mol. The van der Waals surface area contributed by atoms with Crippen LogP contribution in [0.5, 0.6) is 5.75 Å². The third kappa shape index (κ3) is 7.02. The number of benzene rings is 1. The molecule has 2 N–H and O–H groups in total. The van der Waals surface area contributed by atoms with Gasteiger partial charge in [-0.3, -0.25) is 0 Å². The molecule has 1 aliphatic carbocycles. The topological polar surface area (TPSA) is 45.6 Å². The minimum Gasteiger partial charge on any atom is -0.494 e. The SMILES string of the molecule is CCCOc1cccc(CN=C(NCC)NC2CC2)c1.I. The van der Waals surface area contributed by atoms with Crippen LogP contribution in [0.2, 0.25) is 0 Å². The second kappa shape index (κ2) is 9.87. The molecular formula is C16H26IN3O. The average Bonchev–Trinajstić information content (AvgIpc) is 3.27. The quantitative estimate of drug-likeness (QED) is 0.417. The van der Waals surface area contributed by atoms with Crippen LogP contribution >= 0.6 is 24.0 Å². The van der Waals surface area contributed by atoms with Crippen LogP contribution in [0.3, 0.4) is 0 Å². The van der Waals surface area contributed by atoms with Crippen LogP contribution in [0, 0.1) is 0 Å². The normalized spacial score (nSPS) is 14.3. The molecule has 1 saturated carbocycles. The Morgan fingerprint density at radius 1 is 1.33 bits per heavy atom. The Kier molecular flexibility index (Phi) is 8.49. The molecule has 2 rings (SSSR count). The molecule has 0 unspecified atom stereocenters. The van der Waals surface area contributed by atoms with Gasteiger partial charge < -0.3 is 15.4 Å². The first-order valence-corrected chi connectivity index (χ1v) is 7.58. The number of nitrogens with one attached hydrogen (secondary N) is 2. The molecule has 5 heteroatoms. The van der Waals surface area contributed by atoms with Gasteiger partial charge in [-0.05, 0) is 43.9 Å². The number of guanidine groups is 1. The third-order valence-electron chi connectivity index (χ3n) is 3.05. The van der Waals surface area contributed by atoms with Crippen LogP contribution in [-0.4, -0.2) is 25.2 Å². The molecular weight excluding hydrogens is 377 g/mol. The fourth-order valence-electron chi connectivity index (χ4n) is 1.86. The molecule has 1 fully saturated rings. The van der Waals surface area contributed by atoms with Gasteiger partial charge in [0, 0.05) is 12.6 Å². The van der Waals surface area contributed by atoms with E-state index in [1.54, 1.807) is 0 Å². The summed E-state index contributed by atoms with van der Waals surface area (Å²) in [5, 5.41) is 6.70. The van der Waals surface area contributed by atoms with Crippen molar-refractivity contribution >= 4 is 29.9 Å². The lowest BCUT2D eigenvalue weighted by atomic mass is 10.2. The fraction of sp³-hybridized carbons (Fsp3) is 0.562. The summed E-state index contributed by atoms with van der Waals surface area (Å²) in [7, 11) is 0. The van der Waals surface area contributed by atoms with E-state index in [1.165, 1.54) is 18.4 Å². The minimum absolute atomic E-state index is 0. The van der Waals surface area contributed by atoms with Crippen molar-refractivity contribution in [3.63, 3.8) is 0 Å². The minimum atomic E-state index is 0. The van der Waals surface area contributed by atoms with Gasteiger partial charge in [-0.2, -0.15) is 0 Å². The summed E-state index contributed by atoms with van der Waals surface area (Å²) < 4.78 is 5.64. The van der Waals surface area contributed by atoms with E-state index < -0.39 is 0 Å². The summed E-state index contributed by atoms with van der Waals surface area (Å²) in [5.74, 6) is 1.84. The van der Waals surface area contributed by atoms with Crippen LogP contribution < -0.4 is 15.4 Å². The first-order chi connectivity index (χ1) is 9.81. The van der Waals surface area contributed by atoms with E-state index in [-0.39, 0.29) is 24.0 Å². The average molecular weight is 403 g/mol. The van der Waals surface area contributed by atoms with E-state index in [2.05, 4.69) is 41.6 Å². The highest BCUT2D eigenvalue weighted by Gasteiger charge is 2.21. The highest BCUT2D eigenvalue weighted by atomic mass is 127. The zero-order chi connectivity index (χ0) is 14.2. The predicted octanol–water partition coefficient (Wildman–Crippen LogP) is 3.31. The van der Waals surface area contributed by atoms with E-state index in [9.17, 15) is 0 Å². The molecule has 21 heavy (non-hydrogen) atoms. The molecule has 1 aliphatic rings. The van der Waals surface area contributed by atoms with Gasteiger partial charge in [0.1, 0.15) is 5.75 Å². The monoisotopic (exact) mass is 403 g/mol. The van der Waals surface area contributed by atoms with Crippen molar-refractivity contribution < 1.29 is 4.74 Å². The largest absolute Gasteiger partial charge is 0.494 e. The van der Waals surface area contributed by atoms with Crippen molar-refractivity contribution in [3.8, 4) is 5.75 Å². The molecule has 0 spiro atoms. The van der Waals surface area contributed by atoms with Crippen molar-refractivity contribution in [1.82, 2.24) is 10.6 Å². The second-order valence-electron chi connectivity index (χ2n) is 5.11. The maximum Gasteiger partial charge on any atom is 0.191 e. The first-order valence-electron chi connectivity index (χ1n) is 7.58. The molecule has 0 heterocycles. The summed E-state index contributed by atoms with van der Waals surface area (Å²) >= 11 is 0. The number of halogens is 1. The van der Waals surface area contributed by atoms with Crippen LogP contribution in [-0.2, 0) is 6.54 Å². The van der Waals surface area contributed by atoms with Crippen molar-refractivity contribution in [2.24, 2.45) is 4.99 Å². The van der Waals surface area contributed by atoms with E-state index in [0.29, 0.717) is 12.6 Å². The number of ether oxygens (including phenoxy) is 1. The van der Waals surface area contributed by atoms with E-state index in [1.807, 2.05) is 12.1 Å². The fourth-order valence-corrected chi connectivity index (χ4v) is 1.86. The lowest BCUT2D eigenvalue weighted by molar-refractivity contribution is 0.317. The van der Waals surface area contributed by atoms with Gasteiger partial charge in [0.25, 0.3) is 0 Å². The van der Waals surface area contributed by atoms with Crippen LogP contribution in [0.15, 0.2) is 29.3 Å². The van der Waals surface area contributed by atoms with Gasteiger partial charge in [0.2, 0.25) is 0 Å². The molecule has 0 bridgehead atoms. The molecule has 0 radical (unpaired) electrons. The Balaban J connectivity index is 0.00000220. The van der Waals surface area contributed by atoms with E-state index >= 15 is 0 Å². The molecule has 1 aromatic rings. The van der Waals surface area contributed by atoms with Crippen molar-refractivity contribution in [1.29, 1.82) is 0 Å². The van der Waals surface area contributed by atoms with Crippen LogP contribution in [0.1, 0.15) is 38.7 Å². The first kappa shape index (κ1) is 18.1. The molecule has 1 aromatic carbocycles. The zero-order valence-electron chi connectivity index (χ0n) is 12.9. The molecule has 0 atom stereocenters. The molecule has 0 aliphatic heterocycles. The lowest BCUT2D eigenvalue weighted by Crippen LogP contribution is -2.38. The van der Waals surface area contributed by atoms with E-state index in [0.717, 1.165) is 31.3 Å². The number of nitrogens with zero attached hydrogens (tertiary/aromatic N) is 1. The molecule has 118 valence electrons. The van der Waals surface area contributed by atoms with Gasteiger partial charge in [-0.1, -0.05) is 19.1 Å². The van der Waals surface area contributed by atoms with Crippen molar-refractivity contribution in [2.75, 3.05) is 13.2 Å². The van der Waals surface area contributed by atoms with Crippen LogP contribution in [0.25, 0.3) is 0 Å². The van der Waals surface area contributed by atoms with Gasteiger partial charge in [-0.25, -0.2) is 4.99 Å². The summed E-state index contributed by atoms with van der Waals surface area (Å²) in [6.45, 7) is 6.52. The Labute approximate surface area is 144 Å². The van der Waals surface area contributed by atoms with E-state index in [4.69, 9.17) is 4.74 Å². The molecule has 0 amide bonds. The Bertz CT molecular complexity index is 447. The Morgan fingerprint density at radius 3 is 2.81 bits per heavy atom. The summed E-state index contributed by atoms with van der Waals surface area (Å²) in [5.41, 5.74) is 1.17. The van der Waals surface area contributed by atoms with Gasteiger partial charge in [0.15, 0.2) is 5.96 Å². The zero-order valence-corrected chi connectivity index (χ0v) is 15.2. The summed E-state index contributed by atoms with van der Waals surface area (Å²) in [6.07, 6.45) is 3.54. The summed E-state index contributed by atoms with van der Waals surface area (Å²) in [4.78, 5) is 4.62. The molecule has 0 aromatic heterocycles. The number of rotatable bonds is 7. The smallest absolute Gasteiger partial charge is 0.191 e. The molecule has 4 nitrogen and oxygen atoms in total. The maximum atomic E-state index is 5.64. The molecule has 0 saturated heterocycles. The Morgan fingerprint density at radius 2 is 2.14 bits per heavy atom. The third-order valence-corrected chi connectivity index (χ3v) is 3.05. The Hall–Kier alpha value is -0.980. The van der Waals surface area contributed by atoms with Gasteiger partial charge in [-0.15, -0.1) is 24.0 Å². The highest BCUT2D eigenvalue weighted by molar-refractivity contribution is 14.0. The van der Waals surface area contributed by atoms with Crippen molar-refractivity contribution in [3.05, 3.63) is 29.8 Å². The van der Waals surface area contributed by atoms with Gasteiger partial charge >= 0.3 is 0 Å². The highest BCUT2D eigenvalue weighted by Crippen LogP contribution is 2.18.